The van der Waals surface area contributed by atoms with Crippen molar-refractivity contribution >= 4 is 27.3 Å². The van der Waals surface area contributed by atoms with E-state index in [0.717, 1.165) is 17.2 Å². The SMILES string of the molecule is Nc1cccc2c1CN(c1cc(C(F)(F)F)ccc1Br)C2. The highest BCUT2D eigenvalue weighted by atomic mass is 79.9. The van der Waals surface area contributed by atoms with Gasteiger partial charge in [-0.1, -0.05) is 12.1 Å². The van der Waals surface area contributed by atoms with Crippen LogP contribution in [0.15, 0.2) is 40.9 Å². The average Bonchev–Trinajstić information content (AvgIpc) is 2.83. The molecule has 0 spiro atoms. The van der Waals surface area contributed by atoms with Crippen LogP contribution >= 0.6 is 15.9 Å². The van der Waals surface area contributed by atoms with Crippen molar-refractivity contribution in [2.75, 3.05) is 10.6 Å². The molecule has 0 saturated carbocycles. The van der Waals surface area contributed by atoms with Gasteiger partial charge in [0.05, 0.1) is 11.3 Å². The number of nitrogens with two attached hydrogens (primary N) is 1. The highest BCUT2D eigenvalue weighted by Crippen LogP contribution is 2.39. The Bertz CT molecular complexity index is 698. The zero-order chi connectivity index (χ0) is 15.2. The van der Waals surface area contributed by atoms with E-state index < -0.39 is 11.7 Å². The Kier molecular flexibility index (Phi) is 3.36. The van der Waals surface area contributed by atoms with Crippen molar-refractivity contribution in [2.24, 2.45) is 0 Å². The van der Waals surface area contributed by atoms with Crippen molar-refractivity contribution < 1.29 is 13.2 Å². The van der Waals surface area contributed by atoms with Gasteiger partial charge in [0, 0.05) is 23.2 Å². The number of hydrogen-bond donors (Lipinski definition) is 1. The number of halogens is 4. The fourth-order valence-corrected chi connectivity index (χ4v) is 3.05. The molecule has 2 N–H and O–H groups in total. The third-order valence-electron chi connectivity index (χ3n) is 3.63. The van der Waals surface area contributed by atoms with Crippen molar-refractivity contribution in [3.8, 4) is 0 Å². The zero-order valence-corrected chi connectivity index (χ0v) is 12.5. The van der Waals surface area contributed by atoms with Crippen molar-refractivity contribution in [1.29, 1.82) is 0 Å². The summed E-state index contributed by atoms with van der Waals surface area (Å²) in [5.74, 6) is 0. The van der Waals surface area contributed by atoms with Crippen molar-refractivity contribution in [2.45, 2.75) is 19.3 Å². The van der Waals surface area contributed by atoms with Gasteiger partial charge in [-0.05, 0) is 51.3 Å². The Hall–Kier alpha value is -1.69. The molecule has 3 rings (SSSR count). The van der Waals surface area contributed by atoms with Crippen LogP contribution in [0.1, 0.15) is 16.7 Å². The maximum Gasteiger partial charge on any atom is 0.416 e. The van der Waals surface area contributed by atoms with Gasteiger partial charge in [-0.2, -0.15) is 13.2 Å². The lowest BCUT2D eigenvalue weighted by atomic mass is 10.1. The minimum atomic E-state index is -4.35. The molecule has 0 radical (unpaired) electrons. The minimum Gasteiger partial charge on any atom is -0.398 e. The lowest BCUT2D eigenvalue weighted by molar-refractivity contribution is -0.137. The molecule has 0 aromatic heterocycles. The largest absolute Gasteiger partial charge is 0.416 e. The van der Waals surface area contributed by atoms with Crippen LogP contribution in [0.3, 0.4) is 0 Å². The molecule has 0 saturated heterocycles. The van der Waals surface area contributed by atoms with Gasteiger partial charge in [-0.3, -0.25) is 0 Å². The van der Waals surface area contributed by atoms with E-state index in [1.54, 1.807) is 0 Å². The molecule has 1 aliphatic heterocycles. The van der Waals surface area contributed by atoms with Crippen LogP contribution in [-0.4, -0.2) is 0 Å². The fraction of sp³-hybridized carbons (Fsp3) is 0.200. The van der Waals surface area contributed by atoms with E-state index in [9.17, 15) is 13.2 Å². The van der Waals surface area contributed by atoms with Gasteiger partial charge < -0.3 is 10.6 Å². The van der Waals surface area contributed by atoms with Crippen LogP contribution in [0.2, 0.25) is 0 Å². The van der Waals surface area contributed by atoms with Gasteiger partial charge in [0.2, 0.25) is 0 Å². The minimum absolute atomic E-state index is 0.516. The fourth-order valence-electron chi connectivity index (χ4n) is 2.55. The van der Waals surface area contributed by atoms with Crippen LogP contribution in [0.25, 0.3) is 0 Å². The first kappa shape index (κ1) is 14.3. The van der Waals surface area contributed by atoms with E-state index in [-0.39, 0.29) is 0 Å². The lowest BCUT2D eigenvalue weighted by Crippen LogP contribution is -2.16. The first-order valence-electron chi connectivity index (χ1n) is 6.34. The second kappa shape index (κ2) is 4.94. The summed E-state index contributed by atoms with van der Waals surface area (Å²) in [5, 5.41) is 0. The van der Waals surface area contributed by atoms with E-state index in [2.05, 4.69) is 15.9 Å². The Morgan fingerprint density at radius 1 is 1.10 bits per heavy atom. The summed E-state index contributed by atoms with van der Waals surface area (Å²) < 4.78 is 39.2. The Morgan fingerprint density at radius 3 is 2.52 bits per heavy atom. The van der Waals surface area contributed by atoms with Gasteiger partial charge in [-0.25, -0.2) is 0 Å². The summed E-state index contributed by atoms with van der Waals surface area (Å²) in [7, 11) is 0. The van der Waals surface area contributed by atoms with Crippen LogP contribution in [0.5, 0.6) is 0 Å². The van der Waals surface area contributed by atoms with E-state index >= 15 is 0 Å². The van der Waals surface area contributed by atoms with Crippen LogP contribution in [0, 0.1) is 0 Å². The second-order valence-electron chi connectivity index (χ2n) is 5.00. The number of nitrogen functional groups attached to an aromatic ring is 1. The average molecular weight is 357 g/mol. The van der Waals surface area contributed by atoms with Gasteiger partial charge in [-0.15, -0.1) is 0 Å². The standard InChI is InChI=1S/C15H12BrF3N2/c16-12-5-4-10(15(17,18)19)6-14(12)21-7-9-2-1-3-13(20)11(9)8-21/h1-6H,7-8,20H2. The molecule has 0 fully saturated rings. The maximum absolute atomic E-state index is 12.9. The van der Waals surface area contributed by atoms with Gasteiger partial charge in [0.15, 0.2) is 0 Å². The molecule has 21 heavy (non-hydrogen) atoms. The number of hydrogen-bond acceptors (Lipinski definition) is 2. The van der Waals surface area contributed by atoms with E-state index in [4.69, 9.17) is 5.73 Å². The smallest absolute Gasteiger partial charge is 0.398 e. The lowest BCUT2D eigenvalue weighted by Gasteiger charge is -2.21. The first-order chi connectivity index (χ1) is 9.86. The molecule has 6 heteroatoms. The molecule has 2 nitrogen and oxygen atoms in total. The molecule has 2 aromatic rings. The molecule has 0 bridgehead atoms. The number of anilines is 2. The normalized spacial score (nSPS) is 14.4. The third-order valence-corrected chi connectivity index (χ3v) is 4.30. The van der Waals surface area contributed by atoms with Crippen molar-refractivity contribution in [3.63, 3.8) is 0 Å². The van der Waals surface area contributed by atoms with Crippen LogP contribution in [-0.2, 0) is 19.3 Å². The third kappa shape index (κ3) is 2.60. The Labute approximate surface area is 128 Å². The van der Waals surface area contributed by atoms with Gasteiger partial charge >= 0.3 is 6.18 Å². The molecule has 0 amide bonds. The molecule has 1 heterocycles. The first-order valence-corrected chi connectivity index (χ1v) is 7.13. The van der Waals surface area contributed by atoms with E-state index in [1.165, 1.54) is 12.1 Å². The molecule has 0 unspecified atom stereocenters. The van der Waals surface area contributed by atoms with Gasteiger partial charge in [0.1, 0.15) is 0 Å². The molecular formula is C15H12BrF3N2. The zero-order valence-electron chi connectivity index (χ0n) is 10.9. The summed E-state index contributed by atoms with van der Waals surface area (Å²) >= 11 is 3.33. The maximum atomic E-state index is 12.9. The highest BCUT2D eigenvalue weighted by molar-refractivity contribution is 9.10. The number of alkyl halides is 3. The predicted molar refractivity (Wildman–Crippen MR) is 79.9 cm³/mol. The summed E-state index contributed by atoms with van der Waals surface area (Å²) in [6.45, 7) is 1.07. The summed E-state index contributed by atoms with van der Waals surface area (Å²) in [4.78, 5) is 1.89. The van der Waals surface area contributed by atoms with Gasteiger partial charge in [0.25, 0.3) is 0 Å². The Balaban J connectivity index is 1.98. The number of fused-ring (bicyclic) bond motifs is 1. The van der Waals surface area contributed by atoms with E-state index in [1.807, 2.05) is 23.1 Å². The van der Waals surface area contributed by atoms with Crippen LogP contribution < -0.4 is 10.6 Å². The summed E-state index contributed by atoms with van der Waals surface area (Å²) in [6.07, 6.45) is -4.35. The number of nitrogens with zero attached hydrogens (tertiary/aromatic N) is 1. The molecular weight excluding hydrogens is 345 g/mol. The highest BCUT2D eigenvalue weighted by Gasteiger charge is 2.32. The van der Waals surface area contributed by atoms with Crippen LogP contribution in [0.4, 0.5) is 24.5 Å². The van der Waals surface area contributed by atoms with Crippen molar-refractivity contribution in [3.05, 3.63) is 57.6 Å². The second-order valence-corrected chi connectivity index (χ2v) is 5.86. The Morgan fingerprint density at radius 2 is 1.86 bits per heavy atom. The number of benzene rings is 2. The molecule has 0 atom stereocenters. The van der Waals surface area contributed by atoms with Crippen molar-refractivity contribution in [1.82, 2.24) is 0 Å². The quantitative estimate of drug-likeness (QED) is 0.758. The topological polar surface area (TPSA) is 29.3 Å². The monoisotopic (exact) mass is 356 g/mol. The van der Waals surface area contributed by atoms with E-state index in [0.29, 0.717) is 28.9 Å². The summed E-state index contributed by atoms with van der Waals surface area (Å²) in [6, 6.07) is 9.30. The molecule has 2 aromatic carbocycles. The molecule has 110 valence electrons. The molecule has 1 aliphatic rings. The predicted octanol–water partition coefficient (Wildman–Crippen LogP) is 4.57. The summed E-state index contributed by atoms with van der Waals surface area (Å²) in [5.41, 5.74) is 8.53. The number of rotatable bonds is 1. The molecule has 0 aliphatic carbocycles.